The molecule has 2 amide bonds. The van der Waals surface area contributed by atoms with Crippen molar-refractivity contribution in [3.63, 3.8) is 0 Å². The molecule has 0 aliphatic heterocycles. The SMILES string of the molecule is Cc1cccc(N(CC(=O)N(Cc2ccccc2F)[C@@H](Cc2ccccc2)C(=O)NCC(C)C)S(C)(=O)=O)c1. The minimum atomic E-state index is -3.86. The Morgan fingerprint density at radius 3 is 2.23 bits per heavy atom. The van der Waals surface area contributed by atoms with Gasteiger partial charge in [-0.15, -0.1) is 0 Å². The molecule has 0 saturated carbocycles. The fourth-order valence-corrected chi connectivity index (χ4v) is 5.02. The normalized spacial score (nSPS) is 12.2. The quantitative estimate of drug-likeness (QED) is 0.362. The van der Waals surface area contributed by atoms with Crippen LogP contribution in [0.1, 0.15) is 30.5 Å². The zero-order valence-corrected chi connectivity index (χ0v) is 23.6. The molecule has 0 heterocycles. The van der Waals surface area contributed by atoms with E-state index in [1.165, 1.54) is 11.0 Å². The highest BCUT2D eigenvalue weighted by Gasteiger charge is 2.33. The zero-order chi connectivity index (χ0) is 28.6. The van der Waals surface area contributed by atoms with Crippen LogP contribution in [0.2, 0.25) is 0 Å². The molecule has 3 rings (SSSR count). The molecule has 7 nitrogen and oxygen atoms in total. The van der Waals surface area contributed by atoms with Gasteiger partial charge in [-0.1, -0.05) is 74.5 Å². The molecule has 0 radical (unpaired) electrons. The lowest BCUT2D eigenvalue weighted by atomic mass is 10.0. The van der Waals surface area contributed by atoms with Crippen LogP contribution in [-0.2, 0) is 32.6 Å². The number of hydrogen-bond acceptors (Lipinski definition) is 4. The van der Waals surface area contributed by atoms with Gasteiger partial charge >= 0.3 is 0 Å². The van der Waals surface area contributed by atoms with Gasteiger partial charge in [0.05, 0.1) is 11.9 Å². The molecule has 0 aromatic heterocycles. The van der Waals surface area contributed by atoms with Crippen molar-refractivity contribution < 1.29 is 22.4 Å². The van der Waals surface area contributed by atoms with Gasteiger partial charge in [-0.3, -0.25) is 13.9 Å². The minimum Gasteiger partial charge on any atom is -0.354 e. The topological polar surface area (TPSA) is 86.8 Å². The Hall–Kier alpha value is -3.72. The van der Waals surface area contributed by atoms with Gasteiger partial charge in [0.15, 0.2) is 0 Å². The van der Waals surface area contributed by atoms with E-state index in [4.69, 9.17) is 0 Å². The van der Waals surface area contributed by atoms with Gasteiger partial charge in [0.25, 0.3) is 0 Å². The number of carbonyl (C=O) groups is 2. The average Bonchev–Trinajstić information content (AvgIpc) is 2.88. The second-order valence-electron chi connectivity index (χ2n) is 10.1. The van der Waals surface area contributed by atoms with E-state index in [1.807, 2.05) is 57.2 Å². The van der Waals surface area contributed by atoms with Crippen LogP contribution in [0, 0.1) is 18.7 Å². The number of halogens is 1. The van der Waals surface area contributed by atoms with E-state index >= 15 is 0 Å². The zero-order valence-electron chi connectivity index (χ0n) is 22.8. The van der Waals surface area contributed by atoms with Crippen molar-refractivity contribution in [1.82, 2.24) is 10.2 Å². The van der Waals surface area contributed by atoms with Crippen LogP contribution in [0.3, 0.4) is 0 Å². The van der Waals surface area contributed by atoms with E-state index in [9.17, 15) is 22.4 Å². The molecular weight excluding hydrogens is 517 g/mol. The molecule has 9 heteroatoms. The van der Waals surface area contributed by atoms with Crippen molar-refractivity contribution in [3.8, 4) is 0 Å². The van der Waals surface area contributed by atoms with Gasteiger partial charge in [0.1, 0.15) is 18.4 Å². The fraction of sp³-hybridized carbons (Fsp3) is 0.333. The first-order valence-electron chi connectivity index (χ1n) is 12.8. The highest BCUT2D eigenvalue weighted by atomic mass is 32.2. The first-order valence-corrected chi connectivity index (χ1v) is 14.7. The van der Waals surface area contributed by atoms with Crippen LogP contribution in [0.4, 0.5) is 10.1 Å². The molecule has 0 spiro atoms. The monoisotopic (exact) mass is 553 g/mol. The lowest BCUT2D eigenvalue weighted by Crippen LogP contribution is -2.53. The maximum Gasteiger partial charge on any atom is 0.244 e. The predicted octanol–water partition coefficient (Wildman–Crippen LogP) is 4.31. The van der Waals surface area contributed by atoms with Crippen molar-refractivity contribution in [2.45, 2.75) is 39.8 Å². The largest absolute Gasteiger partial charge is 0.354 e. The second-order valence-corrected chi connectivity index (χ2v) is 12.0. The molecule has 3 aromatic carbocycles. The Kier molecular flexibility index (Phi) is 10.2. The molecule has 39 heavy (non-hydrogen) atoms. The number of amides is 2. The molecular formula is C30H36FN3O4S. The summed E-state index contributed by atoms with van der Waals surface area (Å²) in [6, 6.07) is 21.1. The Morgan fingerprint density at radius 2 is 1.62 bits per heavy atom. The summed E-state index contributed by atoms with van der Waals surface area (Å²) in [5.41, 5.74) is 2.20. The van der Waals surface area contributed by atoms with Crippen LogP contribution in [0.5, 0.6) is 0 Å². The molecule has 0 fully saturated rings. The number of anilines is 1. The number of nitrogens with one attached hydrogen (secondary N) is 1. The maximum atomic E-state index is 14.8. The van der Waals surface area contributed by atoms with E-state index in [-0.39, 0.29) is 24.4 Å². The molecule has 208 valence electrons. The van der Waals surface area contributed by atoms with Gasteiger partial charge in [-0.05, 0) is 42.2 Å². The summed E-state index contributed by atoms with van der Waals surface area (Å²) in [6.45, 7) is 5.39. The highest BCUT2D eigenvalue weighted by Crippen LogP contribution is 2.22. The van der Waals surface area contributed by atoms with E-state index in [0.717, 1.165) is 21.7 Å². The molecule has 1 N–H and O–H groups in total. The van der Waals surface area contributed by atoms with Crippen LogP contribution in [0.25, 0.3) is 0 Å². The summed E-state index contributed by atoms with van der Waals surface area (Å²) in [5.74, 6) is -1.36. The number of nitrogens with zero attached hydrogens (tertiary/aromatic N) is 2. The highest BCUT2D eigenvalue weighted by molar-refractivity contribution is 7.92. The molecule has 0 aliphatic carbocycles. The summed E-state index contributed by atoms with van der Waals surface area (Å²) in [6.07, 6.45) is 1.20. The van der Waals surface area contributed by atoms with E-state index in [1.54, 1.807) is 36.4 Å². The number of sulfonamides is 1. The Balaban J connectivity index is 2.06. The molecule has 1 atom stereocenters. The number of hydrogen-bond donors (Lipinski definition) is 1. The lowest BCUT2D eigenvalue weighted by molar-refractivity contribution is -0.140. The molecule has 0 bridgehead atoms. The summed E-state index contributed by atoms with van der Waals surface area (Å²) >= 11 is 0. The summed E-state index contributed by atoms with van der Waals surface area (Å²) in [4.78, 5) is 28.8. The molecule has 0 aliphatic rings. The first kappa shape index (κ1) is 29.8. The van der Waals surface area contributed by atoms with Gasteiger partial charge in [-0.2, -0.15) is 0 Å². The van der Waals surface area contributed by atoms with Crippen LogP contribution in [0.15, 0.2) is 78.9 Å². The second kappa shape index (κ2) is 13.4. The predicted molar refractivity (Wildman–Crippen MR) is 152 cm³/mol. The molecule has 0 unspecified atom stereocenters. The van der Waals surface area contributed by atoms with Crippen molar-refractivity contribution in [2.24, 2.45) is 5.92 Å². The smallest absolute Gasteiger partial charge is 0.244 e. The van der Waals surface area contributed by atoms with E-state index < -0.39 is 40.2 Å². The summed E-state index contributed by atoms with van der Waals surface area (Å²) < 4.78 is 41.4. The molecule has 3 aromatic rings. The number of benzene rings is 3. The Labute approximate surface area is 230 Å². The van der Waals surface area contributed by atoms with Gasteiger partial charge in [-0.25, -0.2) is 12.8 Å². The van der Waals surface area contributed by atoms with Gasteiger partial charge < -0.3 is 10.2 Å². The average molecular weight is 554 g/mol. The minimum absolute atomic E-state index is 0.170. The van der Waals surface area contributed by atoms with Gasteiger partial charge in [0, 0.05) is 25.1 Å². The first-order chi connectivity index (χ1) is 18.5. The molecule has 0 saturated heterocycles. The van der Waals surface area contributed by atoms with Crippen LogP contribution in [-0.4, -0.2) is 50.5 Å². The summed E-state index contributed by atoms with van der Waals surface area (Å²) in [7, 11) is -3.86. The van der Waals surface area contributed by atoms with Crippen molar-refractivity contribution in [3.05, 3.63) is 101 Å². The van der Waals surface area contributed by atoms with Gasteiger partial charge in [0.2, 0.25) is 21.8 Å². The van der Waals surface area contributed by atoms with Crippen molar-refractivity contribution in [2.75, 3.05) is 23.7 Å². The Bertz CT molecular complexity index is 1380. The maximum absolute atomic E-state index is 14.8. The Morgan fingerprint density at radius 1 is 0.949 bits per heavy atom. The number of aryl methyl sites for hydroxylation is 1. The van der Waals surface area contributed by atoms with Crippen LogP contribution < -0.4 is 9.62 Å². The summed E-state index contributed by atoms with van der Waals surface area (Å²) in [5, 5.41) is 2.90. The standard InChI is InChI=1S/C30H36FN3O4S/c1-22(2)19-32-30(36)28(18-24-12-6-5-7-13-24)33(20-25-14-8-9-16-27(25)31)29(35)21-34(39(4,37)38)26-15-10-11-23(3)17-26/h5-17,22,28H,18-21H2,1-4H3,(H,32,36)/t28-/m0/s1. The fourth-order valence-electron chi connectivity index (χ4n) is 4.18. The number of carbonyl (C=O) groups excluding carboxylic acids is 2. The lowest BCUT2D eigenvalue weighted by Gasteiger charge is -2.33. The van der Waals surface area contributed by atoms with E-state index in [2.05, 4.69) is 5.32 Å². The van der Waals surface area contributed by atoms with E-state index in [0.29, 0.717) is 12.2 Å². The number of rotatable bonds is 12. The third-order valence-electron chi connectivity index (χ3n) is 6.22. The third kappa shape index (κ3) is 8.64. The third-order valence-corrected chi connectivity index (χ3v) is 7.36. The van der Waals surface area contributed by atoms with Crippen molar-refractivity contribution in [1.29, 1.82) is 0 Å². The van der Waals surface area contributed by atoms with Crippen molar-refractivity contribution >= 4 is 27.5 Å². The van der Waals surface area contributed by atoms with Crippen LogP contribution >= 0.6 is 0 Å².